The van der Waals surface area contributed by atoms with Crippen molar-refractivity contribution in [3.05, 3.63) is 69.8 Å². The smallest absolute Gasteiger partial charge is 0.290 e. The quantitative estimate of drug-likeness (QED) is 0.641. The van der Waals surface area contributed by atoms with Crippen molar-refractivity contribution in [3.63, 3.8) is 0 Å². The summed E-state index contributed by atoms with van der Waals surface area (Å²) in [6.07, 6.45) is 2.45. The summed E-state index contributed by atoms with van der Waals surface area (Å²) in [6, 6.07) is 9.98. The van der Waals surface area contributed by atoms with Crippen molar-refractivity contribution in [2.45, 2.75) is 12.5 Å². The number of amides is 1. The highest BCUT2D eigenvalue weighted by Gasteiger charge is 2.43. The maximum atomic E-state index is 13.4. The van der Waals surface area contributed by atoms with Crippen molar-refractivity contribution in [3.8, 4) is 5.75 Å². The molecule has 1 amide bonds. The minimum atomic E-state index is -0.552. The van der Waals surface area contributed by atoms with Gasteiger partial charge in [0.25, 0.3) is 5.91 Å². The molecule has 7 nitrogen and oxygen atoms in total. The van der Waals surface area contributed by atoms with Crippen molar-refractivity contribution in [1.29, 1.82) is 0 Å². The van der Waals surface area contributed by atoms with Crippen LogP contribution in [0, 0.1) is 0 Å². The maximum Gasteiger partial charge on any atom is 0.290 e. The summed E-state index contributed by atoms with van der Waals surface area (Å²) < 4.78 is 11.2. The molecule has 0 spiro atoms. The zero-order valence-electron chi connectivity index (χ0n) is 16.7. The molecule has 0 saturated heterocycles. The highest BCUT2D eigenvalue weighted by molar-refractivity contribution is 5.99. The number of hydrogen-bond donors (Lipinski definition) is 0. The molecule has 1 aliphatic heterocycles. The highest BCUT2D eigenvalue weighted by Crippen LogP contribution is 2.37. The molecule has 0 aliphatic carbocycles. The van der Waals surface area contributed by atoms with E-state index in [1.54, 1.807) is 36.4 Å². The minimum absolute atomic E-state index is 0.0938. The van der Waals surface area contributed by atoms with Gasteiger partial charge in [-0.1, -0.05) is 6.07 Å². The van der Waals surface area contributed by atoms with Gasteiger partial charge in [-0.05, 0) is 51.3 Å². The van der Waals surface area contributed by atoms with Crippen molar-refractivity contribution < 1.29 is 13.9 Å². The molecule has 3 heterocycles. The zero-order chi connectivity index (χ0) is 20.5. The summed E-state index contributed by atoms with van der Waals surface area (Å²) in [6.45, 7) is 1.33. The van der Waals surface area contributed by atoms with Crippen LogP contribution in [0.5, 0.6) is 5.75 Å². The fourth-order valence-corrected chi connectivity index (χ4v) is 3.76. The minimum Gasteiger partial charge on any atom is -0.497 e. The van der Waals surface area contributed by atoms with Crippen LogP contribution < -0.4 is 10.2 Å². The second-order valence-electron chi connectivity index (χ2n) is 7.35. The van der Waals surface area contributed by atoms with Crippen molar-refractivity contribution in [2.75, 3.05) is 34.3 Å². The molecule has 0 unspecified atom stereocenters. The first-order valence-corrected chi connectivity index (χ1v) is 9.52. The third-order valence-electron chi connectivity index (χ3n) is 5.15. The Hall–Kier alpha value is -3.19. The first-order chi connectivity index (χ1) is 14.0. The molecule has 7 heteroatoms. The van der Waals surface area contributed by atoms with Gasteiger partial charge in [-0.2, -0.15) is 0 Å². The molecular weight excluding hydrogens is 370 g/mol. The number of carbonyl (C=O) groups excluding carboxylic acids is 1. The average Bonchev–Trinajstić information content (AvgIpc) is 3.00. The van der Waals surface area contributed by atoms with Gasteiger partial charge in [0.2, 0.25) is 5.76 Å². The molecule has 0 fully saturated rings. The van der Waals surface area contributed by atoms with Crippen molar-refractivity contribution in [2.24, 2.45) is 0 Å². The molecule has 0 saturated carbocycles. The molecule has 1 aliphatic rings. The Labute approximate surface area is 168 Å². The molecule has 0 bridgehead atoms. The monoisotopic (exact) mass is 393 g/mol. The number of aromatic nitrogens is 1. The number of ether oxygens (including phenoxy) is 1. The van der Waals surface area contributed by atoms with E-state index in [1.165, 1.54) is 0 Å². The van der Waals surface area contributed by atoms with E-state index in [9.17, 15) is 9.59 Å². The fourth-order valence-electron chi connectivity index (χ4n) is 3.76. The Bertz CT molecular complexity index is 1110. The van der Waals surface area contributed by atoms with Crippen LogP contribution in [0.3, 0.4) is 0 Å². The molecule has 2 aromatic heterocycles. The predicted molar refractivity (Wildman–Crippen MR) is 109 cm³/mol. The van der Waals surface area contributed by atoms with Gasteiger partial charge in [0.1, 0.15) is 17.4 Å². The first-order valence-electron chi connectivity index (χ1n) is 9.52. The lowest BCUT2D eigenvalue weighted by molar-refractivity contribution is 0.0720. The van der Waals surface area contributed by atoms with E-state index in [2.05, 4.69) is 9.88 Å². The summed E-state index contributed by atoms with van der Waals surface area (Å²) in [5.74, 6) is 0.377. The molecular formula is C22H23N3O4. The van der Waals surface area contributed by atoms with Crippen LogP contribution in [0.25, 0.3) is 11.0 Å². The third kappa shape index (κ3) is 3.38. The standard InChI is InChI=1S/C22H23N3O4/c1-24(2)11-6-12-25-19(16-7-4-5-10-23-16)18-20(26)15-9-8-14(28-3)13-17(15)29-21(18)22(25)27/h4-5,7-10,13,19H,6,11-12H2,1-3H3/t19-/m1/s1. The highest BCUT2D eigenvalue weighted by atomic mass is 16.5. The lowest BCUT2D eigenvalue weighted by Crippen LogP contribution is -2.32. The summed E-state index contributed by atoms with van der Waals surface area (Å²) >= 11 is 0. The normalized spacial score (nSPS) is 15.9. The van der Waals surface area contributed by atoms with Crippen LogP contribution in [0.1, 0.15) is 34.3 Å². The Morgan fingerprint density at radius 3 is 2.72 bits per heavy atom. The van der Waals surface area contributed by atoms with E-state index < -0.39 is 6.04 Å². The second kappa shape index (κ2) is 7.67. The van der Waals surface area contributed by atoms with Crippen molar-refractivity contribution in [1.82, 2.24) is 14.8 Å². The van der Waals surface area contributed by atoms with E-state index in [4.69, 9.17) is 9.15 Å². The van der Waals surface area contributed by atoms with Crippen LogP contribution in [0.2, 0.25) is 0 Å². The molecule has 3 aromatic rings. The SMILES string of the molecule is COc1ccc2c(=O)c3c(oc2c1)C(=O)N(CCCN(C)C)[C@@H]3c1ccccn1. The Morgan fingerprint density at radius 1 is 1.21 bits per heavy atom. The lowest BCUT2D eigenvalue weighted by Gasteiger charge is -2.24. The van der Waals surface area contributed by atoms with E-state index in [-0.39, 0.29) is 17.1 Å². The van der Waals surface area contributed by atoms with Crippen LogP contribution in [-0.4, -0.2) is 55.0 Å². The summed E-state index contributed by atoms with van der Waals surface area (Å²) in [7, 11) is 5.52. The average molecular weight is 393 g/mol. The Kier molecular flexibility index (Phi) is 5.07. The molecule has 150 valence electrons. The number of pyridine rings is 1. The number of benzene rings is 1. The van der Waals surface area contributed by atoms with Crippen LogP contribution in [-0.2, 0) is 0 Å². The van der Waals surface area contributed by atoms with Gasteiger partial charge < -0.3 is 19.0 Å². The molecule has 1 atom stereocenters. The van der Waals surface area contributed by atoms with E-state index in [0.29, 0.717) is 34.5 Å². The topological polar surface area (TPSA) is 75.9 Å². The van der Waals surface area contributed by atoms with E-state index >= 15 is 0 Å². The summed E-state index contributed by atoms with van der Waals surface area (Å²) in [5.41, 5.74) is 1.15. The molecule has 29 heavy (non-hydrogen) atoms. The predicted octanol–water partition coefficient (Wildman–Crippen LogP) is 2.69. The molecule has 0 N–H and O–H groups in total. The second-order valence-corrected chi connectivity index (χ2v) is 7.35. The van der Waals surface area contributed by atoms with Gasteiger partial charge in [-0.15, -0.1) is 0 Å². The fraction of sp³-hybridized carbons (Fsp3) is 0.318. The number of carbonyl (C=O) groups is 1. The maximum absolute atomic E-state index is 13.4. The number of nitrogens with zero attached hydrogens (tertiary/aromatic N) is 3. The van der Waals surface area contributed by atoms with Gasteiger partial charge in [0, 0.05) is 18.8 Å². The van der Waals surface area contributed by atoms with Gasteiger partial charge in [-0.25, -0.2) is 0 Å². The largest absolute Gasteiger partial charge is 0.497 e. The van der Waals surface area contributed by atoms with E-state index in [0.717, 1.165) is 13.0 Å². The summed E-state index contributed by atoms with van der Waals surface area (Å²) in [5, 5.41) is 0.424. The van der Waals surface area contributed by atoms with Crippen molar-refractivity contribution >= 4 is 16.9 Å². The number of fused-ring (bicyclic) bond motifs is 2. The van der Waals surface area contributed by atoms with Crippen LogP contribution >= 0.6 is 0 Å². The van der Waals surface area contributed by atoms with Gasteiger partial charge in [-0.3, -0.25) is 14.6 Å². The number of rotatable bonds is 6. The van der Waals surface area contributed by atoms with Crippen LogP contribution in [0.4, 0.5) is 0 Å². The zero-order valence-corrected chi connectivity index (χ0v) is 16.7. The third-order valence-corrected chi connectivity index (χ3v) is 5.15. The van der Waals surface area contributed by atoms with Gasteiger partial charge >= 0.3 is 0 Å². The number of methoxy groups -OCH3 is 1. The lowest BCUT2D eigenvalue weighted by atomic mass is 10.0. The summed E-state index contributed by atoms with van der Waals surface area (Å²) in [4.78, 5) is 34.8. The molecule has 1 aromatic carbocycles. The van der Waals surface area contributed by atoms with Crippen LogP contribution in [0.15, 0.2) is 51.8 Å². The Balaban J connectivity index is 1.87. The molecule has 0 radical (unpaired) electrons. The number of hydrogen-bond acceptors (Lipinski definition) is 6. The van der Waals surface area contributed by atoms with Gasteiger partial charge in [0.15, 0.2) is 5.43 Å². The first kappa shape index (κ1) is 19.1. The van der Waals surface area contributed by atoms with Gasteiger partial charge in [0.05, 0.1) is 23.8 Å². The van der Waals surface area contributed by atoms with E-state index in [1.807, 2.05) is 32.3 Å². The Morgan fingerprint density at radius 2 is 2.03 bits per heavy atom. The molecule has 4 rings (SSSR count).